The average molecular weight is 1770 g/mol. The van der Waals surface area contributed by atoms with Crippen LogP contribution in [0, 0.1) is 10.8 Å². The van der Waals surface area contributed by atoms with Crippen LogP contribution in [0.3, 0.4) is 0 Å². The molecule has 678 valence electrons. The van der Waals surface area contributed by atoms with Gasteiger partial charge in [-0.3, -0.25) is 87.5 Å². The van der Waals surface area contributed by atoms with Gasteiger partial charge in [-0.25, -0.2) is 4.98 Å². The van der Waals surface area contributed by atoms with Gasteiger partial charge in [-0.15, -0.1) is 5.11 Å². The predicted molar refractivity (Wildman–Crippen MR) is 453 cm³/mol. The van der Waals surface area contributed by atoms with E-state index in [1.807, 2.05) is 0 Å². The molecule has 126 heavy (non-hydrogen) atoms. The molecule has 2 aliphatic heterocycles. The normalized spacial score (nSPS) is 19.5. The van der Waals surface area contributed by atoms with Crippen LogP contribution in [0.2, 0.25) is 0 Å². The Balaban J connectivity index is 1.12. The highest BCUT2D eigenvalue weighted by atomic mass is 32.3. The first-order valence-electron chi connectivity index (χ1n) is 40.4. The van der Waals surface area contributed by atoms with E-state index in [9.17, 15) is 101 Å². The molecule has 1 aromatic heterocycles. The molecule has 0 saturated carbocycles. The SMILES string of the molecule is N=C(N)NCCC[C@@H]1NC(=O)C(CCCCNC(=O)CCC(NC(=O)[C@H](Cc2ccccc2)NC(=O)c2ccc(N=NCc3ccccc3S(O)(O)O)nc2)C(=O)NCCCC[C@@H]2NC(=O)[C@@H](Cc3ccccc3)NC(=O)[C@H](CC(=O)O)NC(=O)CNC(=O)[C@H](CCCNC(=N)N)NC2=O)NC(=O)[C@@H](Cc2ccccc2)NC(=O)[C@H](CC(=O)O)NC(=O)CNC1=O. The van der Waals surface area contributed by atoms with Crippen LogP contribution in [-0.2, 0) is 97.7 Å². The molecule has 10 atom stereocenters. The van der Waals surface area contributed by atoms with E-state index in [1.165, 1.54) is 30.3 Å². The summed E-state index contributed by atoms with van der Waals surface area (Å²) in [7, 11) is -4.10. The number of aromatic nitrogens is 1. The number of carbonyl (C=O) groups excluding carboxylic acids is 14. The fourth-order valence-corrected chi connectivity index (χ4v) is 13.9. The fraction of sp³-hybridized carbons (Fsp3) is 0.420. The number of carboxylic acid groups (broad SMARTS) is 2. The molecule has 2 aliphatic rings. The zero-order valence-electron chi connectivity index (χ0n) is 68.6. The molecular formula is C81H107N23O21S. The Bertz CT molecular complexity index is 4670. The van der Waals surface area contributed by atoms with Crippen LogP contribution in [0.4, 0.5) is 5.82 Å². The predicted octanol–water partition coefficient (Wildman–Crippen LogP) is -1.77. The van der Waals surface area contributed by atoms with E-state index in [0.29, 0.717) is 16.7 Å². The number of carbonyl (C=O) groups is 16. The third kappa shape index (κ3) is 35.4. The molecule has 0 aliphatic carbocycles. The highest BCUT2D eigenvalue weighted by Crippen LogP contribution is 2.45. The number of benzene rings is 4. The van der Waals surface area contributed by atoms with E-state index in [4.69, 9.17) is 22.3 Å². The number of nitrogens with two attached hydrogens (primary N) is 2. The lowest BCUT2D eigenvalue weighted by atomic mass is 10.0. The third-order valence-corrected chi connectivity index (χ3v) is 20.6. The lowest BCUT2D eigenvalue weighted by molar-refractivity contribution is -0.141. The van der Waals surface area contributed by atoms with E-state index in [0.717, 1.165) is 6.20 Å². The molecule has 14 amide bonds. The van der Waals surface area contributed by atoms with Gasteiger partial charge in [0.1, 0.15) is 71.3 Å². The van der Waals surface area contributed by atoms with E-state index in [1.54, 1.807) is 97.1 Å². The molecule has 2 saturated heterocycles. The summed E-state index contributed by atoms with van der Waals surface area (Å²) in [4.78, 5) is 225. The van der Waals surface area contributed by atoms with Gasteiger partial charge in [-0.1, -0.05) is 109 Å². The number of nitrogens with zero attached hydrogens (tertiary/aromatic N) is 3. The highest BCUT2D eigenvalue weighted by Gasteiger charge is 2.37. The second kappa shape index (κ2) is 51.1. The Morgan fingerprint density at radius 2 is 0.865 bits per heavy atom. The fourth-order valence-electron chi connectivity index (χ4n) is 13.1. The number of unbranched alkanes of at least 4 members (excludes halogenated alkanes) is 2. The minimum absolute atomic E-state index is 0.00707. The summed E-state index contributed by atoms with van der Waals surface area (Å²) in [6.07, 6.45) is -2.33. The molecular weight excluding hydrogens is 1660 g/mol. The van der Waals surface area contributed by atoms with E-state index in [-0.39, 0.29) is 144 Å². The Morgan fingerprint density at radius 1 is 0.452 bits per heavy atom. The first-order valence-corrected chi connectivity index (χ1v) is 41.9. The van der Waals surface area contributed by atoms with Crippen molar-refractivity contribution in [2.24, 2.45) is 21.7 Å². The molecule has 3 heterocycles. The number of hydrogen-bond acceptors (Lipinski definition) is 24. The maximum Gasteiger partial charge on any atom is 0.305 e. The number of guanidine groups is 2. The van der Waals surface area contributed by atoms with Gasteiger partial charge in [0.25, 0.3) is 5.91 Å². The summed E-state index contributed by atoms with van der Waals surface area (Å²) in [6, 6.07) is 18.3. The van der Waals surface area contributed by atoms with Gasteiger partial charge in [0.15, 0.2) is 17.7 Å². The number of hydrogen-bond donors (Lipinski definition) is 25. The quantitative estimate of drug-likeness (QED) is 0.00893. The molecule has 4 aromatic carbocycles. The number of amides is 14. The zero-order chi connectivity index (χ0) is 91.7. The molecule has 7 rings (SSSR count). The Labute approximate surface area is 724 Å². The molecule has 27 N–H and O–H groups in total. The van der Waals surface area contributed by atoms with Crippen LogP contribution in [0.25, 0.3) is 0 Å². The van der Waals surface area contributed by atoms with E-state index >= 15 is 0 Å². The number of aliphatic carboxylic acids is 2. The maximum atomic E-state index is 14.9. The smallest absolute Gasteiger partial charge is 0.305 e. The molecule has 0 bridgehead atoms. The molecule has 0 radical (unpaired) electrons. The van der Waals surface area contributed by atoms with Gasteiger partial charge < -0.3 is 120 Å². The van der Waals surface area contributed by atoms with E-state index in [2.05, 4.69) is 100 Å². The van der Waals surface area contributed by atoms with Gasteiger partial charge in [0, 0.05) is 58.1 Å². The van der Waals surface area contributed by atoms with Crippen LogP contribution in [0.1, 0.15) is 123 Å². The Kier molecular flexibility index (Phi) is 40.2. The van der Waals surface area contributed by atoms with Crippen LogP contribution in [0.5, 0.6) is 0 Å². The van der Waals surface area contributed by atoms with Crippen molar-refractivity contribution in [3.63, 3.8) is 0 Å². The summed E-state index contributed by atoms with van der Waals surface area (Å²) >= 11 is 0. The average Bonchev–Trinajstić information content (AvgIpc) is 0.988. The van der Waals surface area contributed by atoms with Crippen LogP contribution in [-0.4, -0.2) is 235 Å². The largest absolute Gasteiger partial charge is 0.481 e. The number of pyridine rings is 1. The summed E-state index contributed by atoms with van der Waals surface area (Å²) in [6.45, 7) is -1.95. The van der Waals surface area contributed by atoms with Gasteiger partial charge in [-0.2, -0.15) is 5.11 Å². The van der Waals surface area contributed by atoms with Gasteiger partial charge in [0.05, 0.1) is 42.9 Å². The standard InChI is InChI=1S/C81H107N23O21S/c82-80(83)88-36-16-27-52-71(114)91-45-65(106)94-60(41-67(108)109)78(121)102-58(39-48-20-6-2-7-21-48)76(119)98-54(73(116)96-52)25-12-14-34-86-64(105)33-31-56(100-75(118)57(38-47-18-4-1-5-19-47)101-69(112)51-30-32-63(90-43-51)104-93-44-50-24-10-11-29-62(50)126(123,124)125)70(113)87-35-15-13-26-55-74(117)97-53(28-17-37-89-81(84)85)72(115)92-46-66(107)95-61(42-68(110)111)79(122)103-59(77(120)99-55)40-49-22-8-3-9-23-49/h1-11,18-24,29-30,32,43,52-61,123-125H,12-17,25-28,31,33-42,44-46H2,(H,86,105)(H,87,113)(H,91,114)(H,92,115)(H,94,106)(H,95,107)(H,96,116)(H,97,117)(H,98,119)(H,99,120)(H,100,118)(H,101,112)(H,102,121)(H,103,122)(H,108,109)(H,110,111)(H4,82,83,88)(H4,84,85,89)/t52-,53-,54?,55-,56?,57-,58+,59+,60-,61-/m0/s1. The van der Waals surface area contributed by atoms with E-state index < -0.39 is 211 Å². The summed E-state index contributed by atoms with van der Waals surface area (Å²) < 4.78 is 29.7. The minimum atomic E-state index is -4.10. The number of nitrogens with one attached hydrogen (secondary N) is 18. The van der Waals surface area contributed by atoms with Gasteiger partial charge in [-0.05, 0) is 111 Å². The van der Waals surface area contributed by atoms with Crippen molar-refractivity contribution < 1.29 is 101 Å². The third-order valence-electron chi connectivity index (χ3n) is 19.6. The van der Waals surface area contributed by atoms with Crippen molar-refractivity contribution in [3.8, 4) is 0 Å². The summed E-state index contributed by atoms with van der Waals surface area (Å²) in [5.74, 6) is -16.6. The maximum absolute atomic E-state index is 14.9. The van der Waals surface area contributed by atoms with Crippen molar-refractivity contribution in [2.45, 2.75) is 181 Å². The summed E-state index contributed by atoms with van der Waals surface area (Å²) in [5.41, 5.74) is 12.7. The Hall–Kier alpha value is -14.1. The lowest BCUT2D eigenvalue weighted by Gasteiger charge is -2.26. The summed E-state index contributed by atoms with van der Waals surface area (Å²) in [5, 5.41) is 83.7. The first-order chi connectivity index (χ1) is 60.2. The Morgan fingerprint density at radius 3 is 1.32 bits per heavy atom. The number of rotatable bonds is 40. The lowest BCUT2D eigenvalue weighted by Crippen LogP contribution is -2.58. The second-order valence-electron chi connectivity index (χ2n) is 29.5. The second-order valence-corrected chi connectivity index (χ2v) is 30.9. The van der Waals surface area contributed by atoms with Gasteiger partial charge >= 0.3 is 11.9 Å². The van der Waals surface area contributed by atoms with Crippen LogP contribution in [0.15, 0.2) is 149 Å². The van der Waals surface area contributed by atoms with Crippen molar-refractivity contribution in [3.05, 3.63) is 161 Å². The molecule has 44 nitrogen and oxygen atoms in total. The van der Waals surface area contributed by atoms with Crippen LogP contribution < -0.4 is 96.5 Å². The molecule has 0 spiro atoms. The van der Waals surface area contributed by atoms with Crippen molar-refractivity contribution >= 4 is 123 Å². The van der Waals surface area contributed by atoms with Crippen molar-refractivity contribution in [1.82, 2.24) is 90.1 Å². The molecule has 5 aromatic rings. The highest BCUT2D eigenvalue weighted by molar-refractivity contribution is 8.19. The van der Waals surface area contributed by atoms with Gasteiger partial charge in [0.2, 0.25) is 76.8 Å². The van der Waals surface area contributed by atoms with Crippen molar-refractivity contribution in [1.29, 1.82) is 10.8 Å². The minimum Gasteiger partial charge on any atom is -0.481 e. The topological polar surface area (TPSA) is 704 Å². The first kappa shape index (κ1) is 99.0. The number of azo groups is 1. The molecule has 45 heteroatoms. The van der Waals surface area contributed by atoms with Crippen molar-refractivity contribution in [2.75, 3.05) is 39.3 Å². The molecule has 2 unspecified atom stereocenters. The number of carboxylic acids is 2. The molecule has 2 fully saturated rings. The monoisotopic (exact) mass is 1770 g/mol. The van der Waals surface area contributed by atoms with Crippen LogP contribution >= 0.6 is 10.9 Å². The zero-order valence-corrected chi connectivity index (χ0v) is 69.4.